The zero-order valence-corrected chi connectivity index (χ0v) is 15.6. The predicted octanol–water partition coefficient (Wildman–Crippen LogP) is 3.04. The normalized spacial score (nSPS) is 18.0. The molecule has 1 unspecified atom stereocenters. The van der Waals surface area contributed by atoms with Crippen molar-refractivity contribution < 1.29 is 13.2 Å². The van der Waals surface area contributed by atoms with Crippen molar-refractivity contribution in [1.29, 1.82) is 0 Å². The SMILES string of the molecule is Cc1ccc(N2CC(NS(=O)(=O)c3ccc(Cl)cc3)CC2=O)cc1C. The lowest BCUT2D eigenvalue weighted by Crippen LogP contribution is -2.37. The Morgan fingerprint density at radius 2 is 1.76 bits per heavy atom. The standard InChI is InChI=1S/C18H19ClN2O3S/c1-12-3-6-16(9-13(12)2)21-11-15(10-18(21)22)20-25(23,24)17-7-4-14(19)5-8-17/h3-9,15,20H,10-11H2,1-2H3. The van der Waals surface area contributed by atoms with Crippen LogP contribution in [0.5, 0.6) is 0 Å². The minimum absolute atomic E-state index is 0.0907. The van der Waals surface area contributed by atoms with E-state index in [9.17, 15) is 13.2 Å². The lowest BCUT2D eigenvalue weighted by atomic mass is 10.1. The lowest BCUT2D eigenvalue weighted by Gasteiger charge is -2.18. The van der Waals surface area contributed by atoms with Crippen molar-refractivity contribution in [2.75, 3.05) is 11.4 Å². The highest BCUT2D eigenvalue weighted by Gasteiger charge is 2.33. The van der Waals surface area contributed by atoms with Gasteiger partial charge in [0.25, 0.3) is 0 Å². The first-order chi connectivity index (χ1) is 11.8. The van der Waals surface area contributed by atoms with Gasteiger partial charge in [-0.1, -0.05) is 17.7 Å². The van der Waals surface area contributed by atoms with E-state index in [0.29, 0.717) is 11.6 Å². The van der Waals surface area contributed by atoms with E-state index < -0.39 is 16.1 Å². The minimum Gasteiger partial charge on any atom is -0.311 e. The van der Waals surface area contributed by atoms with Crippen molar-refractivity contribution in [3.05, 3.63) is 58.6 Å². The summed E-state index contributed by atoms with van der Waals surface area (Å²) < 4.78 is 27.5. The molecule has 1 heterocycles. The average Bonchev–Trinajstić information content (AvgIpc) is 2.90. The number of benzene rings is 2. The molecule has 25 heavy (non-hydrogen) atoms. The number of anilines is 1. The van der Waals surface area contributed by atoms with Crippen LogP contribution in [0.15, 0.2) is 47.4 Å². The fourth-order valence-electron chi connectivity index (χ4n) is 2.83. The van der Waals surface area contributed by atoms with Crippen molar-refractivity contribution in [2.45, 2.75) is 31.2 Å². The summed E-state index contributed by atoms with van der Waals surface area (Å²) >= 11 is 5.80. The number of hydrogen-bond acceptors (Lipinski definition) is 3. The Labute approximate surface area is 152 Å². The van der Waals surface area contributed by atoms with E-state index in [1.54, 1.807) is 4.90 Å². The predicted molar refractivity (Wildman–Crippen MR) is 98.4 cm³/mol. The molecule has 1 aliphatic heterocycles. The van der Waals surface area contributed by atoms with Gasteiger partial charge in [-0.2, -0.15) is 0 Å². The van der Waals surface area contributed by atoms with Gasteiger partial charge in [0.1, 0.15) is 0 Å². The first kappa shape index (κ1) is 17.9. The Balaban J connectivity index is 1.76. The Hall–Kier alpha value is -1.89. The maximum absolute atomic E-state index is 12.5. The number of nitrogens with zero attached hydrogens (tertiary/aromatic N) is 1. The molecular formula is C18H19ClN2O3S. The second-order valence-corrected chi connectivity index (χ2v) is 8.40. The van der Waals surface area contributed by atoms with Crippen LogP contribution in [-0.2, 0) is 14.8 Å². The second-order valence-electron chi connectivity index (χ2n) is 6.25. The minimum atomic E-state index is -3.69. The summed E-state index contributed by atoms with van der Waals surface area (Å²) in [6.07, 6.45) is 0.139. The van der Waals surface area contributed by atoms with Crippen LogP contribution in [0, 0.1) is 13.8 Å². The molecule has 5 nitrogen and oxygen atoms in total. The third-order valence-corrected chi connectivity index (χ3v) is 6.16. The molecular weight excluding hydrogens is 360 g/mol. The maximum Gasteiger partial charge on any atom is 0.240 e. The number of amides is 1. The first-order valence-corrected chi connectivity index (χ1v) is 9.78. The van der Waals surface area contributed by atoms with Crippen LogP contribution in [0.25, 0.3) is 0 Å². The molecule has 2 aromatic carbocycles. The number of sulfonamides is 1. The molecule has 1 aliphatic rings. The summed E-state index contributed by atoms with van der Waals surface area (Å²) in [5.41, 5.74) is 3.03. The highest BCUT2D eigenvalue weighted by molar-refractivity contribution is 7.89. The molecule has 1 saturated heterocycles. The molecule has 1 amide bonds. The van der Waals surface area contributed by atoms with Gasteiger partial charge in [0.15, 0.2) is 0 Å². The van der Waals surface area contributed by atoms with Gasteiger partial charge in [-0.15, -0.1) is 0 Å². The molecule has 1 fully saturated rings. The average molecular weight is 379 g/mol. The summed E-state index contributed by atoms with van der Waals surface area (Å²) in [5, 5.41) is 0.468. The first-order valence-electron chi connectivity index (χ1n) is 7.92. The van der Waals surface area contributed by atoms with Gasteiger partial charge in [-0.25, -0.2) is 13.1 Å². The fraction of sp³-hybridized carbons (Fsp3) is 0.278. The van der Waals surface area contributed by atoms with Gasteiger partial charge in [0.2, 0.25) is 15.9 Å². The number of carbonyl (C=O) groups excluding carboxylic acids is 1. The highest BCUT2D eigenvalue weighted by atomic mass is 35.5. The molecule has 0 radical (unpaired) electrons. The largest absolute Gasteiger partial charge is 0.311 e. The number of rotatable bonds is 4. The fourth-order valence-corrected chi connectivity index (χ4v) is 4.18. The molecule has 0 spiro atoms. The number of aryl methyl sites for hydroxylation is 2. The summed E-state index contributed by atoms with van der Waals surface area (Å²) in [6.45, 7) is 4.31. The van der Waals surface area contributed by atoms with Crippen LogP contribution < -0.4 is 9.62 Å². The molecule has 0 saturated carbocycles. The van der Waals surface area contributed by atoms with E-state index in [-0.39, 0.29) is 17.2 Å². The zero-order chi connectivity index (χ0) is 18.2. The van der Waals surface area contributed by atoms with Crippen LogP contribution in [-0.4, -0.2) is 26.9 Å². The molecule has 132 valence electrons. The van der Waals surface area contributed by atoms with E-state index in [2.05, 4.69) is 4.72 Å². The molecule has 0 bridgehead atoms. The van der Waals surface area contributed by atoms with Crippen molar-refractivity contribution in [1.82, 2.24) is 4.72 Å². The van der Waals surface area contributed by atoms with Gasteiger partial charge in [0.05, 0.1) is 4.90 Å². The monoisotopic (exact) mass is 378 g/mol. The molecule has 3 rings (SSSR count). The third kappa shape index (κ3) is 3.86. The molecule has 0 aliphatic carbocycles. The summed E-state index contributed by atoms with van der Waals surface area (Å²) in [4.78, 5) is 14.1. The van der Waals surface area contributed by atoms with Crippen molar-refractivity contribution in [2.24, 2.45) is 0 Å². The Morgan fingerprint density at radius 1 is 1.08 bits per heavy atom. The quantitative estimate of drug-likeness (QED) is 0.889. The van der Waals surface area contributed by atoms with E-state index >= 15 is 0 Å². The molecule has 1 N–H and O–H groups in total. The zero-order valence-electron chi connectivity index (χ0n) is 14.0. The number of hydrogen-bond donors (Lipinski definition) is 1. The molecule has 1 atom stereocenters. The van der Waals surface area contributed by atoms with E-state index in [4.69, 9.17) is 11.6 Å². The topological polar surface area (TPSA) is 66.5 Å². The van der Waals surface area contributed by atoms with Crippen LogP contribution in [0.4, 0.5) is 5.69 Å². The summed E-state index contributed by atoms with van der Waals surface area (Å²) in [7, 11) is -3.69. The van der Waals surface area contributed by atoms with Crippen molar-refractivity contribution in [3.8, 4) is 0 Å². The van der Waals surface area contributed by atoms with Crippen LogP contribution in [0.3, 0.4) is 0 Å². The van der Waals surface area contributed by atoms with Gasteiger partial charge < -0.3 is 4.90 Å². The lowest BCUT2D eigenvalue weighted by molar-refractivity contribution is -0.117. The second kappa shape index (κ2) is 6.78. The summed E-state index contributed by atoms with van der Waals surface area (Å²) in [6, 6.07) is 11.3. The van der Waals surface area contributed by atoms with Crippen LogP contribution in [0.1, 0.15) is 17.5 Å². The third-order valence-electron chi connectivity index (χ3n) is 4.37. The van der Waals surface area contributed by atoms with Gasteiger partial charge in [-0.3, -0.25) is 4.79 Å². The van der Waals surface area contributed by atoms with Crippen molar-refractivity contribution >= 4 is 33.2 Å². The van der Waals surface area contributed by atoms with Gasteiger partial charge in [-0.05, 0) is 61.4 Å². The Bertz CT molecular complexity index is 910. The molecule has 7 heteroatoms. The van der Waals surface area contributed by atoms with E-state index in [1.165, 1.54) is 24.3 Å². The number of halogens is 1. The molecule has 0 aromatic heterocycles. The van der Waals surface area contributed by atoms with E-state index in [1.807, 2.05) is 32.0 Å². The summed E-state index contributed by atoms with van der Waals surface area (Å²) in [5.74, 6) is -0.0907. The smallest absolute Gasteiger partial charge is 0.240 e. The van der Waals surface area contributed by atoms with E-state index in [0.717, 1.165) is 16.8 Å². The highest BCUT2D eigenvalue weighted by Crippen LogP contribution is 2.25. The number of carbonyl (C=O) groups is 1. The Morgan fingerprint density at radius 3 is 2.40 bits per heavy atom. The van der Waals surface area contributed by atoms with Gasteiger partial charge >= 0.3 is 0 Å². The van der Waals surface area contributed by atoms with Gasteiger partial charge in [0, 0.05) is 29.7 Å². The van der Waals surface area contributed by atoms with Crippen molar-refractivity contribution in [3.63, 3.8) is 0 Å². The number of nitrogens with one attached hydrogen (secondary N) is 1. The van der Waals surface area contributed by atoms with Crippen LogP contribution in [0.2, 0.25) is 5.02 Å². The Kier molecular flexibility index (Phi) is 4.86. The maximum atomic E-state index is 12.5. The van der Waals surface area contributed by atoms with Crippen LogP contribution >= 0.6 is 11.6 Å². The molecule has 2 aromatic rings.